The number of halogens is 1. The Hall–Kier alpha value is -3.57. The summed E-state index contributed by atoms with van der Waals surface area (Å²) in [5.74, 6) is 0.269. The number of aliphatic hydroxyl groups is 2. The van der Waals surface area contributed by atoms with E-state index in [1.54, 1.807) is 18.2 Å². The van der Waals surface area contributed by atoms with Gasteiger partial charge in [0.15, 0.2) is 5.82 Å². The molecule has 0 spiro atoms. The number of nitrogens with zero attached hydrogens (tertiary/aromatic N) is 5. The van der Waals surface area contributed by atoms with Crippen LogP contribution in [-0.4, -0.2) is 105 Å². The van der Waals surface area contributed by atoms with E-state index in [1.807, 2.05) is 30.3 Å². The maximum atomic E-state index is 16.8. The fourth-order valence-corrected chi connectivity index (χ4v) is 8.58. The number of phenolic OH excluding ortho intramolecular Hbond substituents is 1. The molecule has 236 valence electrons. The van der Waals surface area contributed by atoms with Gasteiger partial charge in [0.1, 0.15) is 23.7 Å². The zero-order chi connectivity index (χ0) is 30.7. The molecule has 0 aliphatic carbocycles. The van der Waals surface area contributed by atoms with Crippen LogP contribution in [0.2, 0.25) is 0 Å². The third kappa shape index (κ3) is 4.99. The molecule has 4 aromatic rings. The van der Waals surface area contributed by atoms with Crippen LogP contribution in [-0.2, 0) is 0 Å². The quantitative estimate of drug-likeness (QED) is 0.268. The first-order chi connectivity index (χ1) is 21.9. The maximum absolute atomic E-state index is 16.8. The lowest BCUT2D eigenvalue weighted by Crippen LogP contribution is -2.56. The molecule has 2 unspecified atom stereocenters. The van der Waals surface area contributed by atoms with E-state index in [4.69, 9.17) is 14.7 Å². The lowest BCUT2D eigenvalue weighted by Gasteiger charge is -2.42. The van der Waals surface area contributed by atoms with Crippen molar-refractivity contribution < 1.29 is 24.4 Å². The summed E-state index contributed by atoms with van der Waals surface area (Å²) in [7, 11) is 0. The van der Waals surface area contributed by atoms with Crippen molar-refractivity contribution in [2.45, 2.75) is 62.3 Å². The first-order valence-electron chi connectivity index (χ1n) is 16.3. The van der Waals surface area contributed by atoms with Crippen molar-refractivity contribution in [3.05, 3.63) is 54.3 Å². The lowest BCUT2D eigenvalue weighted by atomic mass is 9.95. The molecule has 4 aliphatic rings. The number of hydrogen-bond acceptors (Lipinski definition) is 9. The van der Waals surface area contributed by atoms with Crippen LogP contribution >= 0.6 is 0 Å². The van der Waals surface area contributed by atoms with Crippen molar-refractivity contribution in [3.8, 4) is 22.9 Å². The summed E-state index contributed by atoms with van der Waals surface area (Å²) in [4.78, 5) is 16.7. The van der Waals surface area contributed by atoms with Crippen LogP contribution in [0.5, 0.6) is 11.8 Å². The second-order valence-corrected chi connectivity index (χ2v) is 13.4. The molecule has 10 heteroatoms. The molecule has 0 radical (unpaired) electrons. The van der Waals surface area contributed by atoms with E-state index in [-0.39, 0.29) is 41.5 Å². The summed E-state index contributed by atoms with van der Waals surface area (Å²) in [6, 6.07) is 15.2. The minimum Gasteiger partial charge on any atom is -0.508 e. The van der Waals surface area contributed by atoms with Gasteiger partial charge in [-0.05, 0) is 86.1 Å². The second-order valence-electron chi connectivity index (χ2n) is 13.4. The van der Waals surface area contributed by atoms with Crippen molar-refractivity contribution >= 4 is 27.5 Å². The fourth-order valence-electron chi connectivity index (χ4n) is 8.58. The number of anilines is 1. The van der Waals surface area contributed by atoms with Crippen LogP contribution in [0, 0.1) is 5.82 Å². The average molecular weight is 614 g/mol. The van der Waals surface area contributed by atoms with Gasteiger partial charge in [-0.3, -0.25) is 9.80 Å². The Labute approximate surface area is 261 Å². The Morgan fingerprint density at radius 1 is 0.956 bits per heavy atom. The first kappa shape index (κ1) is 28.9. The number of aromatic hydroxyl groups is 1. The molecule has 5 heterocycles. The number of fused-ring (bicyclic) bond motifs is 5. The molecular weight excluding hydrogens is 573 g/mol. The monoisotopic (exact) mass is 613 g/mol. The maximum Gasteiger partial charge on any atom is 0.319 e. The molecule has 4 fully saturated rings. The van der Waals surface area contributed by atoms with Gasteiger partial charge in [0.05, 0.1) is 18.2 Å². The van der Waals surface area contributed by atoms with Gasteiger partial charge >= 0.3 is 6.01 Å². The van der Waals surface area contributed by atoms with Crippen molar-refractivity contribution in [2.75, 3.05) is 50.8 Å². The van der Waals surface area contributed by atoms with Gasteiger partial charge in [-0.25, -0.2) is 4.39 Å². The zero-order valence-electron chi connectivity index (χ0n) is 25.4. The van der Waals surface area contributed by atoms with Gasteiger partial charge in [-0.2, -0.15) is 9.97 Å². The summed E-state index contributed by atoms with van der Waals surface area (Å²) < 4.78 is 23.2. The summed E-state index contributed by atoms with van der Waals surface area (Å²) in [6.07, 6.45) is 5.69. The highest BCUT2D eigenvalue weighted by Crippen LogP contribution is 2.42. The van der Waals surface area contributed by atoms with Crippen molar-refractivity contribution in [1.29, 1.82) is 0 Å². The third-order valence-electron chi connectivity index (χ3n) is 10.7. The third-order valence-corrected chi connectivity index (χ3v) is 10.7. The normalized spacial score (nSPS) is 23.7. The molecule has 45 heavy (non-hydrogen) atoms. The average Bonchev–Trinajstić information content (AvgIpc) is 3.69. The Morgan fingerprint density at radius 3 is 2.47 bits per heavy atom. The summed E-state index contributed by atoms with van der Waals surface area (Å²) in [5.41, 5.74) is 1.17. The number of ether oxygens (including phenoxy) is 1. The fraction of sp³-hybridized carbons (Fsp3) is 0.486. The smallest absolute Gasteiger partial charge is 0.319 e. The van der Waals surface area contributed by atoms with Crippen LogP contribution in [0.4, 0.5) is 10.2 Å². The van der Waals surface area contributed by atoms with E-state index in [0.717, 1.165) is 62.4 Å². The predicted octanol–water partition coefficient (Wildman–Crippen LogP) is 4.31. The van der Waals surface area contributed by atoms with Gasteiger partial charge in [-0.15, -0.1) is 0 Å². The van der Waals surface area contributed by atoms with Crippen LogP contribution in [0.15, 0.2) is 48.5 Å². The minimum absolute atomic E-state index is 0.00235. The highest BCUT2D eigenvalue weighted by Gasteiger charge is 2.45. The number of rotatable bonds is 8. The lowest BCUT2D eigenvalue weighted by molar-refractivity contribution is 0.0375. The van der Waals surface area contributed by atoms with Crippen molar-refractivity contribution in [1.82, 2.24) is 19.8 Å². The Morgan fingerprint density at radius 2 is 1.71 bits per heavy atom. The Kier molecular flexibility index (Phi) is 7.28. The molecular formula is C35H40FN5O4. The molecule has 3 atom stereocenters. The Balaban J connectivity index is 1.21. The number of aliphatic hydroxyl groups excluding tert-OH is 2. The predicted molar refractivity (Wildman–Crippen MR) is 171 cm³/mol. The molecule has 9 nitrogen and oxygen atoms in total. The topological polar surface area (TPSA) is 105 Å². The number of piperazine rings is 1. The van der Waals surface area contributed by atoms with E-state index in [2.05, 4.69) is 14.7 Å². The second kappa shape index (κ2) is 11.3. The summed E-state index contributed by atoms with van der Waals surface area (Å²) in [5, 5.41) is 32.5. The minimum atomic E-state index is -0.773. The molecule has 8 rings (SSSR count). The Bertz CT molecular complexity index is 1730. The molecule has 3 N–H and O–H groups in total. The van der Waals surface area contributed by atoms with E-state index in [1.165, 1.54) is 0 Å². The van der Waals surface area contributed by atoms with Crippen LogP contribution in [0.3, 0.4) is 0 Å². The highest BCUT2D eigenvalue weighted by molar-refractivity contribution is 6.01. The van der Waals surface area contributed by atoms with Gasteiger partial charge in [0.25, 0.3) is 0 Å². The summed E-state index contributed by atoms with van der Waals surface area (Å²) in [6.45, 7) is 4.19. The largest absolute Gasteiger partial charge is 0.508 e. The molecule has 4 aliphatic heterocycles. The molecule has 0 amide bonds. The SMILES string of the molecule is OC[C@@H](O)CN1C2CCC1CN(c1nc(OCC34CCCN3CCC4)nc3c(F)c(-c4cc(O)cc5ccccc45)ccc13)C2. The number of aromatic nitrogens is 2. The molecule has 0 saturated carbocycles. The van der Waals surface area contributed by atoms with E-state index in [9.17, 15) is 15.3 Å². The van der Waals surface area contributed by atoms with Gasteiger partial charge < -0.3 is 25.0 Å². The van der Waals surface area contributed by atoms with Crippen LogP contribution < -0.4 is 9.64 Å². The standard InChI is InChI=1S/C35H40FN5O4/c36-31-28(30-16-25(43)15-22-5-1-2-6-27(22)30)9-10-29-32(31)37-34(45-21-35-11-3-13-40(35)14-4-12-35)38-33(29)39-17-23-7-8-24(18-39)41(23)19-26(44)20-42/h1-2,5-6,9-10,15-16,23-24,26,42-44H,3-4,7-8,11-14,17-21H2/t23?,24?,26-/m0/s1. The van der Waals surface area contributed by atoms with E-state index >= 15 is 4.39 Å². The molecule has 3 aromatic carbocycles. The summed E-state index contributed by atoms with van der Waals surface area (Å²) >= 11 is 0. The van der Waals surface area contributed by atoms with Crippen LogP contribution in [0.25, 0.3) is 32.8 Å². The van der Waals surface area contributed by atoms with Crippen molar-refractivity contribution in [3.63, 3.8) is 0 Å². The van der Waals surface area contributed by atoms with Gasteiger partial charge in [0.2, 0.25) is 0 Å². The van der Waals surface area contributed by atoms with Crippen LogP contribution in [0.1, 0.15) is 38.5 Å². The number of hydrogen-bond donors (Lipinski definition) is 3. The highest BCUT2D eigenvalue weighted by atomic mass is 19.1. The first-order valence-corrected chi connectivity index (χ1v) is 16.3. The van der Waals surface area contributed by atoms with E-state index < -0.39 is 11.9 Å². The number of phenols is 1. The number of benzene rings is 3. The van der Waals surface area contributed by atoms with Gasteiger partial charge in [0, 0.05) is 42.7 Å². The zero-order valence-corrected chi connectivity index (χ0v) is 25.4. The molecule has 4 saturated heterocycles. The van der Waals surface area contributed by atoms with Crippen molar-refractivity contribution in [2.24, 2.45) is 0 Å². The van der Waals surface area contributed by atoms with E-state index in [0.29, 0.717) is 48.6 Å². The molecule has 2 bridgehead atoms. The van der Waals surface area contributed by atoms with Gasteiger partial charge in [-0.1, -0.05) is 30.3 Å². The molecule has 1 aromatic heterocycles.